The van der Waals surface area contributed by atoms with Gasteiger partial charge in [-0.15, -0.1) is 0 Å². The highest BCUT2D eigenvalue weighted by molar-refractivity contribution is 6.06. The maximum atomic E-state index is 11.2. The van der Waals surface area contributed by atoms with Crippen molar-refractivity contribution in [1.82, 2.24) is 0 Å². The van der Waals surface area contributed by atoms with E-state index < -0.39 is 17.8 Å². The number of benzene rings is 1. The summed E-state index contributed by atoms with van der Waals surface area (Å²) in [5, 5.41) is 13.9. The van der Waals surface area contributed by atoms with Crippen molar-refractivity contribution in [3.8, 4) is 0 Å². The lowest BCUT2D eigenvalue weighted by atomic mass is 10.1. The second-order valence-electron chi connectivity index (χ2n) is 3.45. The smallest absolute Gasteiger partial charge is 0.337 e. The monoisotopic (exact) mass is 260 g/mol. The highest BCUT2D eigenvalue weighted by Crippen LogP contribution is 2.21. The number of anilines is 2. The van der Waals surface area contributed by atoms with Gasteiger partial charge in [-0.05, 0) is 30.4 Å². The van der Waals surface area contributed by atoms with E-state index in [0.717, 1.165) is 12.2 Å². The molecule has 0 fully saturated rings. The Labute approximate surface area is 109 Å². The van der Waals surface area contributed by atoms with Crippen LogP contribution in [0.5, 0.6) is 0 Å². The van der Waals surface area contributed by atoms with Gasteiger partial charge in [-0.2, -0.15) is 0 Å². The molecular weight excluding hydrogens is 248 g/mol. The van der Waals surface area contributed by atoms with Crippen LogP contribution in [0.25, 0.3) is 0 Å². The van der Waals surface area contributed by atoms with E-state index >= 15 is 0 Å². The van der Waals surface area contributed by atoms with Crippen LogP contribution in [-0.2, 0) is 9.59 Å². The van der Waals surface area contributed by atoms with Gasteiger partial charge in [0.2, 0.25) is 11.8 Å². The SMILES string of the molecule is C=CC(=O)Nc1ccc(NC(=O)C=C)c(C(=O)O)c1. The number of rotatable bonds is 5. The second-order valence-corrected chi connectivity index (χ2v) is 3.45. The summed E-state index contributed by atoms with van der Waals surface area (Å²) in [6, 6.07) is 4.08. The highest BCUT2D eigenvalue weighted by atomic mass is 16.4. The molecule has 0 aliphatic heterocycles. The quantitative estimate of drug-likeness (QED) is 0.701. The van der Waals surface area contributed by atoms with Gasteiger partial charge >= 0.3 is 5.97 Å². The molecule has 1 rings (SSSR count). The summed E-state index contributed by atoms with van der Waals surface area (Å²) in [7, 11) is 0. The zero-order chi connectivity index (χ0) is 14.4. The third-order valence-electron chi connectivity index (χ3n) is 2.15. The molecule has 0 aliphatic carbocycles. The molecular formula is C13H12N2O4. The number of hydrogen-bond acceptors (Lipinski definition) is 3. The molecule has 0 heterocycles. The summed E-state index contributed by atoms with van der Waals surface area (Å²) in [5.74, 6) is -2.21. The average Bonchev–Trinajstić information content (AvgIpc) is 2.39. The van der Waals surface area contributed by atoms with Crippen LogP contribution in [0.15, 0.2) is 43.5 Å². The Morgan fingerprint density at radius 3 is 2.16 bits per heavy atom. The lowest BCUT2D eigenvalue weighted by Crippen LogP contribution is -2.13. The molecule has 0 atom stereocenters. The Balaban J connectivity index is 3.10. The van der Waals surface area contributed by atoms with E-state index in [1.807, 2.05) is 0 Å². The summed E-state index contributed by atoms with van der Waals surface area (Å²) in [6.07, 6.45) is 2.09. The van der Waals surface area contributed by atoms with Gasteiger partial charge in [0.25, 0.3) is 0 Å². The Morgan fingerprint density at radius 2 is 1.63 bits per heavy atom. The van der Waals surface area contributed by atoms with Gasteiger partial charge in [0.1, 0.15) is 0 Å². The first-order valence-corrected chi connectivity index (χ1v) is 5.22. The number of aromatic carboxylic acids is 1. The normalized spacial score (nSPS) is 9.26. The van der Waals surface area contributed by atoms with Crippen molar-refractivity contribution in [1.29, 1.82) is 0 Å². The molecule has 0 bridgehead atoms. The standard InChI is InChI=1S/C13H12N2O4/c1-3-11(16)14-8-5-6-10(15-12(17)4-2)9(7-8)13(18)19/h3-7H,1-2H2,(H,14,16)(H,15,17)(H,18,19). The third kappa shape index (κ3) is 3.81. The predicted molar refractivity (Wildman–Crippen MR) is 71.1 cm³/mol. The first kappa shape index (κ1) is 14.2. The van der Waals surface area contributed by atoms with Crippen LogP contribution in [0.1, 0.15) is 10.4 Å². The van der Waals surface area contributed by atoms with Gasteiger partial charge in [0.15, 0.2) is 0 Å². The summed E-state index contributed by atoms with van der Waals surface area (Å²) < 4.78 is 0. The Hall–Kier alpha value is -2.89. The third-order valence-corrected chi connectivity index (χ3v) is 2.15. The summed E-state index contributed by atoms with van der Waals surface area (Å²) in [5.41, 5.74) is 0.268. The minimum Gasteiger partial charge on any atom is -0.478 e. The zero-order valence-corrected chi connectivity index (χ0v) is 9.97. The van der Waals surface area contributed by atoms with Crippen molar-refractivity contribution in [2.45, 2.75) is 0 Å². The fraction of sp³-hybridized carbons (Fsp3) is 0. The Bertz CT molecular complexity index is 564. The van der Waals surface area contributed by atoms with E-state index in [0.29, 0.717) is 5.69 Å². The molecule has 1 aromatic carbocycles. The van der Waals surface area contributed by atoms with Crippen molar-refractivity contribution < 1.29 is 19.5 Å². The zero-order valence-electron chi connectivity index (χ0n) is 9.97. The van der Waals surface area contributed by atoms with Gasteiger partial charge in [-0.3, -0.25) is 9.59 Å². The fourth-order valence-corrected chi connectivity index (χ4v) is 1.29. The van der Waals surface area contributed by atoms with Gasteiger partial charge in [-0.1, -0.05) is 13.2 Å². The van der Waals surface area contributed by atoms with E-state index in [-0.39, 0.29) is 11.3 Å². The summed E-state index contributed by atoms with van der Waals surface area (Å²) in [4.78, 5) is 33.4. The summed E-state index contributed by atoms with van der Waals surface area (Å²) >= 11 is 0. The first-order valence-electron chi connectivity index (χ1n) is 5.22. The van der Waals surface area contributed by atoms with Crippen LogP contribution >= 0.6 is 0 Å². The molecule has 98 valence electrons. The lowest BCUT2D eigenvalue weighted by Gasteiger charge is -2.09. The van der Waals surface area contributed by atoms with E-state index in [1.165, 1.54) is 18.2 Å². The van der Waals surface area contributed by atoms with Crippen molar-refractivity contribution in [2.75, 3.05) is 10.6 Å². The van der Waals surface area contributed by atoms with Gasteiger partial charge in [0, 0.05) is 5.69 Å². The van der Waals surface area contributed by atoms with Crippen LogP contribution in [0.4, 0.5) is 11.4 Å². The molecule has 6 heteroatoms. The Kier molecular flexibility index (Phi) is 4.59. The molecule has 3 N–H and O–H groups in total. The lowest BCUT2D eigenvalue weighted by molar-refractivity contribution is -0.112. The number of nitrogens with one attached hydrogen (secondary N) is 2. The number of carboxylic acid groups (broad SMARTS) is 1. The minimum atomic E-state index is -1.23. The van der Waals surface area contributed by atoms with E-state index in [1.54, 1.807) is 0 Å². The molecule has 6 nitrogen and oxygen atoms in total. The summed E-state index contributed by atoms with van der Waals surface area (Å²) in [6.45, 7) is 6.56. The van der Waals surface area contributed by atoms with Gasteiger partial charge in [0.05, 0.1) is 11.3 Å². The molecule has 0 saturated heterocycles. The first-order chi connectivity index (χ1) is 8.97. The number of carbonyl (C=O) groups excluding carboxylic acids is 2. The van der Waals surface area contributed by atoms with Crippen molar-refractivity contribution in [2.24, 2.45) is 0 Å². The Morgan fingerprint density at radius 1 is 1.05 bits per heavy atom. The van der Waals surface area contributed by atoms with Crippen molar-refractivity contribution >= 4 is 29.2 Å². The minimum absolute atomic E-state index is 0.119. The topological polar surface area (TPSA) is 95.5 Å². The van der Waals surface area contributed by atoms with Gasteiger partial charge in [-0.25, -0.2) is 4.79 Å². The molecule has 0 aliphatic rings. The molecule has 19 heavy (non-hydrogen) atoms. The van der Waals surface area contributed by atoms with Crippen molar-refractivity contribution in [3.63, 3.8) is 0 Å². The van der Waals surface area contributed by atoms with E-state index in [4.69, 9.17) is 5.11 Å². The second kappa shape index (κ2) is 6.15. The number of carbonyl (C=O) groups is 3. The van der Waals surface area contributed by atoms with Crippen LogP contribution in [0.2, 0.25) is 0 Å². The molecule has 0 unspecified atom stereocenters. The predicted octanol–water partition coefficient (Wildman–Crippen LogP) is 1.63. The molecule has 1 aromatic rings. The van der Waals surface area contributed by atoms with E-state index in [2.05, 4.69) is 23.8 Å². The highest BCUT2D eigenvalue weighted by Gasteiger charge is 2.13. The number of amides is 2. The van der Waals surface area contributed by atoms with Crippen molar-refractivity contribution in [3.05, 3.63) is 49.1 Å². The fourth-order valence-electron chi connectivity index (χ4n) is 1.29. The average molecular weight is 260 g/mol. The largest absolute Gasteiger partial charge is 0.478 e. The molecule has 0 aromatic heterocycles. The maximum absolute atomic E-state index is 11.2. The van der Waals surface area contributed by atoms with Crippen LogP contribution in [0, 0.1) is 0 Å². The molecule has 0 radical (unpaired) electrons. The van der Waals surface area contributed by atoms with Crippen LogP contribution < -0.4 is 10.6 Å². The number of carboxylic acids is 1. The van der Waals surface area contributed by atoms with Crippen LogP contribution in [-0.4, -0.2) is 22.9 Å². The molecule has 2 amide bonds. The molecule has 0 saturated carbocycles. The number of hydrogen-bond donors (Lipinski definition) is 3. The van der Waals surface area contributed by atoms with Gasteiger partial charge < -0.3 is 15.7 Å². The van der Waals surface area contributed by atoms with Crippen LogP contribution in [0.3, 0.4) is 0 Å². The maximum Gasteiger partial charge on any atom is 0.337 e. The van der Waals surface area contributed by atoms with E-state index in [9.17, 15) is 14.4 Å². The molecule has 0 spiro atoms.